The Morgan fingerprint density at radius 3 is 1.86 bits per heavy atom. The quantitative estimate of drug-likeness (QED) is 0.654. The molecule has 0 aromatic heterocycles. The monoisotopic (exact) mass is 188 g/mol. The van der Waals surface area contributed by atoms with Gasteiger partial charge in [0.05, 0.1) is 11.4 Å². The fourth-order valence-electron chi connectivity index (χ4n) is 2.61. The van der Waals surface area contributed by atoms with Crippen LogP contribution >= 0.6 is 0 Å². The van der Waals surface area contributed by atoms with Crippen molar-refractivity contribution in [1.29, 1.82) is 0 Å². The Hall–Kier alpha value is -1.18. The minimum atomic E-state index is 0.652. The molecule has 0 spiro atoms. The predicted octanol–water partition coefficient (Wildman–Crippen LogP) is 2.84. The zero-order valence-corrected chi connectivity index (χ0v) is 8.29. The fourth-order valence-corrected chi connectivity index (χ4v) is 2.61. The van der Waals surface area contributed by atoms with Crippen LogP contribution < -0.4 is 10.6 Å². The van der Waals surface area contributed by atoms with Crippen molar-refractivity contribution in [1.82, 2.24) is 0 Å². The number of rotatable bonds is 0. The summed E-state index contributed by atoms with van der Waals surface area (Å²) in [6.45, 7) is 0. The van der Waals surface area contributed by atoms with Crippen LogP contribution in [0.25, 0.3) is 0 Å². The van der Waals surface area contributed by atoms with Crippen LogP contribution in [0.4, 0.5) is 11.4 Å². The minimum Gasteiger partial charge on any atom is -0.379 e. The highest BCUT2D eigenvalue weighted by Crippen LogP contribution is 2.33. The number of benzene rings is 1. The summed E-state index contributed by atoms with van der Waals surface area (Å²) in [4.78, 5) is 0. The van der Waals surface area contributed by atoms with E-state index in [1.54, 1.807) is 0 Å². The minimum absolute atomic E-state index is 0.652. The van der Waals surface area contributed by atoms with Gasteiger partial charge in [-0.3, -0.25) is 0 Å². The Balaban J connectivity index is 1.91. The second kappa shape index (κ2) is 3.19. The number of fused-ring (bicyclic) bond motifs is 2. The van der Waals surface area contributed by atoms with Crippen LogP contribution in [-0.4, -0.2) is 12.1 Å². The van der Waals surface area contributed by atoms with Crippen molar-refractivity contribution >= 4 is 11.4 Å². The van der Waals surface area contributed by atoms with E-state index in [4.69, 9.17) is 0 Å². The topological polar surface area (TPSA) is 24.1 Å². The van der Waals surface area contributed by atoms with Crippen LogP contribution in [-0.2, 0) is 0 Å². The molecule has 2 N–H and O–H groups in total. The van der Waals surface area contributed by atoms with E-state index in [0.29, 0.717) is 12.1 Å². The third kappa shape index (κ3) is 1.26. The van der Waals surface area contributed by atoms with Crippen LogP contribution in [0.15, 0.2) is 24.3 Å². The standard InChI is InChI=1S/C12H16N2/c1-2-6-10-9(5-1)13-11-7-3-4-8-12(11)14-10/h1-2,5-6,11-14H,3-4,7-8H2. The Labute approximate surface area is 84.7 Å². The highest BCUT2D eigenvalue weighted by atomic mass is 15.1. The van der Waals surface area contributed by atoms with Crippen LogP contribution in [0.1, 0.15) is 25.7 Å². The molecule has 2 nitrogen and oxygen atoms in total. The lowest BCUT2D eigenvalue weighted by Gasteiger charge is -2.39. The maximum atomic E-state index is 3.64. The zero-order chi connectivity index (χ0) is 9.38. The molecule has 1 aliphatic carbocycles. The Bertz CT molecular complexity index is 302. The van der Waals surface area contributed by atoms with Crippen LogP contribution in [0.3, 0.4) is 0 Å². The van der Waals surface area contributed by atoms with Gasteiger partial charge in [-0.25, -0.2) is 0 Å². The van der Waals surface area contributed by atoms with E-state index in [1.165, 1.54) is 37.1 Å². The van der Waals surface area contributed by atoms with Gasteiger partial charge in [-0.2, -0.15) is 0 Å². The first-order valence-corrected chi connectivity index (χ1v) is 5.55. The molecule has 0 saturated heterocycles. The van der Waals surface area contributed by atoms with Crippen molar-refractivity contribution in [3.63, 3.8) is 0 Å². The highest BCUT2D eigenvalue weighted by Gasteiger charge is 2.29. The number of para-hydroxylation sites is 2. The third-order valence-corrected chi connectivity index (χ3v) is 3.37. The molecule has 1 aromatic carbocycles. The van der Waals surface area contributed by atoms with Gasteiger partial charge in [-0.15, -0.1) is 0 Å². The largest absolute Gasteiger partial charge is 0.379 e. The number of hydrogen-bond donors (Lipinski definition) is 2. The first-order chi connectivity index (χ1) is 6.93. The summed E-state index contributed by atoms with van der Waals surface area (Å²) in [5.41, 5.74) is 2.55. The summed E-state index contributed by atoms with van der Waals surface area (Å²) in [5.74, 6) is 0. The van der Waals surface area contributed by atoms with Crippen LogP contribution in [0, 0.1) is 0 Å². The van der Waals surface area contributed by atoms with Crippen LogP contribution in [0.2, 0.25) is 0 Å². The van der Waals surface area contributed by atoms with Crippen molar-refractivity contribution in [2.45, 2.75) is 37.8 Å². The summed E-state index contributed by atoms with van der Waals surface area (Å²) >= 11 is 0. The molecule has 1 fully saturated rings. The van der Waals surface area contributed by atoms with E-state index in [0.717, 1.165) is 0 Å². The summed E-state index contributed by atoms with van der Waals surface area (Å²) in [5, 5.41) is 7.27. The van der Waals surface area contributed by atoms with Gasteiger partial charge in [0.15, 0.2) is 0 Å². The molecule has 0 bridgehead atoms. The SMILES string of the molecule is c1ccc2c(c1)NC1CCCCC1N2. The summed E-state index contributed by atoms with van der Waals surface area (Å²) in [6, 6.07) is 9.81. The number of hydrogen-bond acceptors (Lipinski definition) is 2. The number of anilines is 2. The van der Waals surface area contributed by atoms with Crippen LogP contribution in [0.5, 0.6) is 0 Å². The normalized spacial score (nSPS) is 29.4. The lowest BCUT2D eigenvalue weighted by atomic mass is 9.88. The molecule has 0 radical (unpaired) electrons. The Morgan fingerprint density at radius 1 is 0.857 bits per heavy atom. The summed E-state index contributed by atoms with van der Waals surface area (Å²) < 4.78 is 0. The first-order valence-electron chi connectivity index (χ1n) is 5.55. The molecule has 1 aromatic rings. The second-order valence-electron chi connectivity index (χ2n) is 4.33. The second-order valence-corrected chi connectivity index (χ2v) is 4.33. The Morgan fingerprint density at radius 2 is 1.36 bits per heavy atom. The molecular formula is C12H16N2. The smallest absolute Gasteiger partial charge is 0.0578 e. The van der Waals surface area contributed by atoms with E-state index < -0.39 is 0 Å². The first kappa shape index (κ1) is 8.16. The van der Waals surface area contributed by atoms with E-state index in [1.807, 2.05) is 0 Å². The van der Waals surface area contributed by atoms with E-state index in [9.17, 15) is 0 Å². The molecule has 1 aliphatic heterocycles. The van der Waals surface area contributed by atoms with Crippen molar-refractivity contribution in [3.8, 4) is 0 Å². The molecule has 0 amide bonds. The molecule has 74 valence electrons. The van der Waals surface area contributed by atoms with Gasteiger partial charge in [-0.05, 0) is 25.0 Å². The molecule has 1 heterocycles. The Kier molecular flexibility index (Phi) is 1.86. The predicted molar refractivity (Wildman–Crippen MR) is 59.7 cm³/mol. The maximum Gasteiger partial charge on any atom is 0.0578 e. The zero-order valence-electron chi connectivity index (χ0n) is 8.29. The molecule has 3 rings (SSSR count). The summed E-state index contributed by atoms with van der Waals surface area (Å²) in [7, 11) is 0. The lowest BCUT2D eigenvalue weighted by Crippen LogP contribution is -2.44. The van der Waals surface area contributed by atoms with Gasteiger partial charge in [0, 0.05) is 12.1 Å². The molecular weight excluding hydrogens is 172 g/mol. The molecule has 2 heteroatoms. The molecule has 14 heavy (non-hydrogen) atoms. The van der Waals surface area contributed by atoms with Gasteiger partial charge in [0.2, 0.25) is 0 Å². The van der Waals surface area contributed by atoms with Crippen molar-refractivity contribution < 1.29 is 0 Å². The summed E-state index contributed by atoms with van der Waals surface area (Å²) in [6.07, 6.45) is 5.37. The van der Waals surface area contributed by atoms with Crippen molar-refractivity contribution in [2.75, 3.05) is 10.6 Å². The van der Waals surface area contributed by atoms with Gasteiger partial charge in [0.25, 0.3) is 0 Å². The van der Waals surface area contributed by atoms with E-state index >= 15 is 0 Å². The average Bonchev–Trinajstić information content (AvgIpc) is 2.26. The van der Waals surface area contributed by atoms with Crippen molar-refractivity contribution in [3.05, 3.63) is 24.3 Å². The van der Waals surface area contributed by atoms with Gasteiger partial charge in [-0.1, -0.05) is 25.0 Å². The number of nitrogens with one attached hydrogen (secondary N) is 2. The van der Waals surface area contributed by atoms with E-state index in [2.05, 4.69) is 34.9 Å². The van der Waals surface area contributed by atoms with E-state index in [-0.39, 0.29) is 0 Å². The highest BCUT2D eigenvalue weighted by molar-refractivity contribution is 5.71. The fraction of sp³-hybridized carbons (Fsp3) is 0.500. The maximum absolute atomic E-state index is 3.64. The van der Waals surface area contributed by atoms with Crippen molar-refractivity contribution in [2.24, 2.45) is 0 Å². The third-order valence-electron chi connectivity index (χ3n) is 3.37. The van der Waals surface area contributed by atoms with Gasteiger partial charge >= 0.3 is 0 Å². The van der Waals surface area contributed by atoms with Gasteiger partial charge < -0.3 is 10.6 Å². The average molecular weight is 188 g/mol. The molecule has 1 saturated carbocycles. The lowest BCUT2D eigenvalue weighted by molar-refractivity contribution is 0.418. The molecule has 2 unspecified atom stereocenters. The molecule has 2 atom stereocenters. The van der Waals surface area contributed by atoms with Gasteiger partial charge in [0.1, 0.15) is 0 Å². The molecule has 2 aliphatic rings.